The van der Waals surface area contributed by atoms with E-state index in [4.69, 9.17) is 0 Å². The van der Waals surface area contributed by atoms with E-state index < -0.39 is 0 Å². The lowest BCUT2D eigenvalue weighted by molar-refractivity contribution is 0.102. The van der Waals surface area contributed by atoms with E-state index in [1.807, 2.05) is 12.1 Å². The van der Waals surface area contributed by atoms with E-state index in [2.05, 4.69) is 36.3 Å². The van der Waals surface area contributed by atoms with Crippen LogP contribution in [0.4, 0.5) is 5.69 Å². The van der Waals surface area contributed by atoms with Gasteiger partial charge in [0.05, 0.1) is 5.69 Å². The fourth-order valence-electron chi connectivity index (χ4n) is 1.78. The number of rotatable bonds is 3. The molecule has 3 rings (SSSR count). The summed E-state index contributed by atoms with van der Waals surface area (Å²) in [7, 11) is 0. The lowest BCUT2D eigenvalue weighted by atomic mass is 10.2. The van der Waals surface area contributed by atoms with Gasteiger partial charge >= 0.3 is 0 Å². The Morgan fingerprint density at radius 1 is 1.19 bits per heavy atom. The second kappa shape index (κ2) is 5.84. The summed E-state index contributed by atoms with van der Waals surface area (Å²) in [4.78, 5) is 20.1. The molecule has 104 valence electrons. The molecule has 0 aliphatic carbocycles. The number of hydrogen-bond acceptors (Lipinski definition) is 4. The number of halogens is 1. The van der Waals surface area contributed by atoms with E-state index in [-0.39, 0.29) is 5.91 Å². The second-order valence-corrected chi connectivity index (χ2v) is 5.03. The van der Waals surface area contributed by atoms with Crippen molar-refractivity contribution in [2.24, 2.45) is 0 Å². The van der Waals surface area contributed by atoms with E-state index in [1.165, 1.54) is 6.33 Å². The summed E-state index contributed by atoms with van der Waals surface area (Å²) in [5.74, 6) is -0.268. The lowest BCUT2D eigenvalue weighted by Gasteiger charge is -2.07. The van der Waals surface area contributed by atoms with Crippen LogP contribution >= 0.6 is 15.9 Å². The number of amides is 1. The summed E-state index contributed by atoms with van der Waals surface area (Å²) in [6, 6.07) is 10.8. The first-order valence-corrected chi connectivity index (χ1v) is 6.90. The van der Waals surface area contributed by atoms with Gasteiger partial charge < -0.3 is 5.32 Å². The van der Waals surface area contributed by atoms with Crippen molar-refractivity contribution in [3.8, 4) is 5.69 Å². The van der Waals surface area contributed by atoms with Crippen LogP contribution in [0.1, 0.15) is 10.5 Å². The number of nitrogens with one attached hydrogen (secondary N) is 1. The summed E-state index contributed by atoms with van der Waals surface area (Å²) in [6.45, 7) is 0. The van der Waals surface area contributed by atoms with E-state index in [0.29, 0.717) is 15.9 Å². The Morgan fingerprint density at radius 3 is 2.67 bits per heavy atom. The third-order valence-electron chi connectivity index (χ3n) is 2.78. The van der Waals surface area contributed by atoms with E-state index in [9.17, 15) is 4.79 Å². The topological polar surface area (TPSA) is 72.7 Å². The molecule has 7 heteroatoms. The maximum Gasteiger partial charge on any atom is 0.275 e. The molecular formula is C14H10BrN5O. The molecule has 3 aromatic rings. The van der Waals surface area contributed by atoms with Crippen LogP contribution in [0.25, 0.3) is 5.69 Å². The highest BCUT2D eigenvalue weighted by molar-refractivity contribution is 9.10. The summed E-state index contributed by atoms with van der Waals surface area (Å²) < 4.78 is 2.29. The molecule has 0 saturated carbocycles. The predicted molar refractivity (Wildman–Crippen MR) is 81.2 cm³/mol. The normalized spacial score (nSPS) is 10.3. The fourth-order valence-corrected chi connectivity index (χ4v) is 2.22. The van der Waals surface area contributed by atoms with Crippen LogP contribution in [0, 0.1) is 0 Å². The van der Waals surface area contributed by atoms with Gasteiger partial charge in [-0.05, 0) is 52.3 Å². The molecule has 0 aliphatic heterocycles. The predicted octanol–water partition coefficient (Wildman–Crippen LogP) is 2.68. The monoisotopic (exact) mass is 343 g/mol. The van der Waals surface area contributed by atoms with Gasteiger partial charge in [0, 0.05) is 16.4 Å². The summed E-state index contributed by atoms with van der Waals surface area (Å²) in [5.41, 5.74) is 1.89. The van der Waals surface area contributed by atoms with Crippen molar-refractivity contribution >= 4 is 27.5 Å². The third kappa shape index (κ3) is 2.97. The van der Waals surface area contributed by atoms with Crippen molar-refractivity contribution < 1.29 is 4.79 Å². The van der Waals surface area contributed by atoms with Crippen molar-refractivity contribution in [1.29, 1.82) is 0 Å². The van der Waals surface area contributed by atoms with Gasteiger partial charge in [0.25, 0.3) is 5.91 Å². The molecule has 0 spiro atoms. The zero-order valence-electron chi connectivity index (χ0n) is 10.8. The standard InChI is InChI=1S/C14H10BrN5O/c15-12-2-1-7-17-13(12)14(21)19-10-3-5-11(6-4-10)20-9-16-8-18-20/h1-9H,(H,19,21). The average Bonchev–Trinajstić information content (AvgIpc) is 3.02. The van der Waals surface area contributed by atoms with Crippen LogP contribution in [0.2, 0.25) is 0 Å². The Balaban J connectivity index is 1.77. The van der Waals surface area contributed by atoms with Crippen LogP contribution in [0.3, 0.4) is 0 Å². The number of hydrogen-bond donors (Lipinski definition) is 1. The SMILES string of the molecule is O=C(Nc1ccc(-n2cncn2)cc1)c1ncccc1Br. The van der Waals surface area contributed by atoms with Crippen molar-refractivity contribution in [1.82, 2.24) is 19.7 Å². The van der Waals surface area contributed by atoms with Gasteiger partial charge in [-0.25, -0.2) is 14.6 Å². The molecule has 21 heavy (non-hydrogen) atoms. The molecule has 0 fully saturated rings. The Kier molecular flexibility index (Phi) is 3.74. The highest BCUT2D eigenvalue weighted by Crippen LogP contribution is 2.17. The van der Waals surface area contributed by atoms with E-state index >= 15 is 0 Å². The number of pyridine rings is 1. The van der Waals surface area contributed by atoms with Crippen LogP contribution in [-0.4, -0.2) is 25.7 Å². The molecule has 1 amide bonds. The molecule has 0 atom stereocenters. The van der Waals surface area contributed by atoms with Gasteiger partial charge in [0.2, 0.25) is 0 Å². The minimum atomic E-state index is -0.268. The molecule has 0 aliphatic rings. The van der Waals surface area contributed by atoms with Gasteiger partial charge in [0.15, 0.2) is 0 Å². The zero-order chi connectivity index (χ0) is 14.7. The molecule has 2 aromatic heterocycles. The first kappa shape index (κ1) is 13.4. The lowest BCUT2D eigenvalue weighted by Crippen LogP contribution is -2.14. The largest absolute Gasteiger partial charge is 0.321 e. The highest BCUT2D eigenvalue weighted by Gasteiger charge is 2.11. The smallest absolute Gasteiger partial charge is 0.275 e. The molecule has 1 aromatic carbocycles. The van der Waals surface area contributed by atoms with E-state index in [1.54, 1.807) is 41.5 Å². The molecule has 1 N–H and O–H groups in total. The van der Waals surface area contributed by atoms with Crippen molar-refractivity contribution in [2.75, 3.05) is 5.32 Å². The van der Waals surface area contributed by atoms with Crippen LogP contribution in [-0.2, 0) is 0 Å². The average molecular weight is 344 g/mol. The summed E-state index contributed by atoms with van der Waals surface area (Å²) in [6.07, 6.45) is 4.65. The molecular weight excluding hydrogens is 334 g/mol. The van der Waals surface area contributed by atoms with Crippen molar-refractivity contribution in [3.05, 3.63) is 65.4 Å². The fraction of sp³-hybridized carbons (Fsp3) is 0. The molecule has 2 heterocycles. The Labute approximate surface area is 129 Å². The van der Waals surface area contributed by atoms with Crippen molar-refractivity contribution in [2.45, 2.75) is 0 Å². The van der Waals surface area contributed by atoms with Crippen molar-refractivity contribution in [3.63, 3.8) is 0 Å². The number of carbonyl (C=O) groups excluding carboxylic acids is 1. The van der Waals surface area contributed by atoms with Gasteiger partial charge in [-0.15, -0.1) is 0 Å². The van der Waals surface area contributed by atoms with Crippen LogP contribution < -0.4 is 5.32 Å². The number of aromatic nitrogens is 4. The van der Waals surface area contributed by atoms with Gasteiger partial charge in [-0.3, -0.25) is 4.79 Å². The molecule has 6 nitrogen and oxygen atoms in total. The number of anilines is 1. The van der Waals surface area contributed by atoms with Crippen LogP contribution in [0.15, 0.2) is 59.7 Å². The molecule has 0 bridgehead atoms. The Hall–Kier alpha value is -2.54. The Bertz CT molecular complexity index is 755. The first-order chi connectivity index (χ1) is 10.2. The number of carbonyl (C=O) groups is 1. The number of nitrogens with zero attached hydrogens (tertiary/aromatic N) is 4. The van der Waals surface area contributed by atoms with Crippen LogP contribution in [0.5, 0.6) is 0 Å². The molecule has 0 radical (unpaired) electrons. The number of benzene rings is 1. The Morgan fingerprint density at radius 2 is 2.00 bits per heavy atom. The van der Waals surface area contributed by atoms with Gasteiger partial charge in [0.1, 0.15) is 18.3 Å². The maximum atomic E-state index is 12.1. The molecule has 0 saturated heterocycles. The maximum absolute atomic E-state index is 12.1. The first-order valence-electron chi connectivity index (χ1n) is 6.11. The highest BCUT2D eigenvalue weighted by atomic mass is 79.9. The molecule has 0 unspecified atom stereocenters. The minimum Gasteiger partial charge on any atom is -0.321 e. The van der Waals surface area contributed by atoms with Gasteiger partial charge in [-0.2, -0.15) is 5.10 Å². The second-order valence-electron chi connectivity index (χ2n) is 4.17. The quantitative estimate of drug-likeness (QED) is 0.793. The minimum absolute atomic E-state index is 0.268. The summed E-state index contributed by atoms with van der Waals surface area (Å²) >= 11 is 3.31. The zero-order valence-corrected chi connectivity index (χ0v) is 12.4. The third-order valence-corrected chi connectivity index (χ3v) is 3.42. The summed E-state index contributed by atoms with van der Waals surface area (Å²) in [5, 5.41) is 6.83. The van der Waals surface area contributed by atoms with Gasteiger partial charge in [-0.1, -0.05) is 0 Å². The van der Waals surface area contributed by atoms with E-state index in [0.717, 1.165) is 5.69 Å².